The van der Waals surface area contributed by atoms with Crippen LogP contribution in [0.2, 0.25) is 0 Å². The lowest BCUT2D eigenvalue weighted by atomic mass is 10.1. The minimum Gasteiger partial charge on any atom is -0.355 e. The molecule has 0 aliphatic carbocycles. The van der Waals surface area contributed by atoms with Gasteiger partial charge >= 0.3 is 0 Å². The second-order valence-corrected chi connectivity index (χ2v) is 6.25. The van der Waals surface area contributed by atoms with Crippen LogP contribution in [0.3, 0.4) is 0 Å². The van der Waals surface area contributed by atoms with Gasteiger partial charge in [-0.3, -0.25) is 9.78 Å². The van der Waals surface area contributed by atoms with Gasteiger partial charge in [0.05, 0.1) is 0 Å². The first-order valence-electron chi connectivity index (χ1n) is 8.19. The lowest BCUT2D eigenvalue weighted by Gasteiger charge is -2.10. The molecule has 25 heavy (non-hydrogen) atoms. The van der Waals surface area contributed by atoms with E-state index in [4.69, 9.17) is 0 Å². The highest BCUT2D eigenvalue weighted by molar-refractivity contribution is 6.03. The van der Waals surface area contributed by atoms with Crippen LogP contribution in [0.15, 0.2) is 60.8 Å². The fourth-order valence-electron chi connectivity index (χ4n) is 2.76. The van der Waals surface area contributed by atoms with Gasteiger partial charge in [-0.1, -0.05) is 18.2 Å². The van der Waals surface area contributed by atoms with E-state index in [0.29, 0.717) is 5.69 Å². The minimum absolute atomic E-state index is 0.224. The molecule has 1 aromatic heterocycles. The number of carbonyl (C=O) groups excluding carboxylic acids is 1. The van der Waals surface area contributed by atoms with Crippen LogP contribution in [-0.4, -0.2) is 10.9 Å². The van der Waals surface area contributed by atoms with Gasteiger partial charge in [0.1, 0.15) is 5.69 Å². The fourth-order valence-corrected chi connectivity index (χ4v) is 2.76. The van der Waals surface area contributed by atoms with Crippen molar-refractivity contribution < 1.29 is 4.79 Å². The maximum atomic E-state index is 12.5. The van der Waals surface area contributed by atoms with E-state index < -0.39 is 0 Å². The molecular weight excluding hydrogens is 310 g/mol. The molecule has 0 bridgehead atoms. The molecule has 4 nitrogen and oxygen atoms in total. The first-order valence-corrected chi connectivity index (χ1v) is 8.19. The number of nitrogens with zero attached hydrogens (tertiary/aromatic N) is 1. The first-order chi connectivity index (χ1) is 12.0. The molecule has 2 aromatic carbocycles. The van der Waals surface area contributed by atoms with Crippen LogP contribution in [0.25, 0.3) is 0 Å². The van der Waals surface area contributed by atoms with E-state index in [1.54, 1.807) is 12.3 Å². The van der Waals surface area contributed by atoms with Crippen molar-refractivity contribution in [3.63, 3.8) is 0 Å². The standard InChI is InChI=1S/C21H21N3O/c1-14-5-4-6-17(10-14)23-18-7-8-22-20(13-18)21(25)24-19-11-15(2)9-16(3)12-19/h4-13H,1-3H3,(H,22,23)(H,24,25). The van der Waals surface area contributed by atoms with Gasteiger partial charge in [-0.2, -0.15) is 0 Å². The molecule has 0 aliphatic rings. The van der Waals surface area contributed by atoms with Crippen molar-refractivity contribution in [3.05, 3.63) is 83.2 Å². The van der Waals surface area contributed by atoms with Gasteiger partial charge in [-0.05, 0) is 73.9 Å². The number of hydrogen-bond acceptors (Lipinski definition) is 3. The zero-order chi connectivity index (χ0) is 17.8. The highest BCUT2D eigenvalue weighted by Gasteiger charge is 2.09. The number of amides is 1. The fraction of sp³-hybridized carbons (Fsp3) is 0.143. The van der Waals surface area contributed by atoms with Crippen molar-refractivity contribution >= 4 is 23.0 Å². The summed E-state index contributed by atoms with van der Waals surface area (Å²) in [6.07, 6.45) is 1.63. The van der Waals surface area contributed by atoms with Crippen LogP contribution in [0.5, 0.6) is 0 Å². The molecule has 1 amide bonds. The maximum absolute atomic E-state index is 12.5. The predicted molar refractivity (Wildman–Crippen MR) is 103 cm³/mol. The molecule has 3 rings (SSSR count). The largest absolute Gasteiger partial charge is 0.355 e. The Labute approximate surface area is 147 Å². The van der Waals surface area contributed by atoms with Crippen molar-refractivity contribution in [1.82, 2.24) is 4.98 Å². The Balaban J connectivity index is 1.77. The summed E-state index contributed by atoms with van der Waals surface area (Å²) in [5, 5.41) is 6.21. The monoisotopic (exact) mass is 331 g/mol. The first kappa shape index (κ1) is 16.7. The molecule has 0 spiro atoms. The van der Waals surface area contributed by atoms with Gasteiger partial charge in [-0.25, -0.2) is 0 Å². The van der Waals surface area contributed by atoms with Crippen molar-refractivity contribution in [1.29, 1.82) is 0 Å². The number of anilines is 3. The summed E-state index contributed by atoms with van der Waals surface area (Å²) in [5.74, 6) is -0.224. The number of carbonyl (C=O) groups is 1. The third-order valence-electron chi connectivity index (χ3n) is 3.78. The van der Waals surface area contributed by atoms with E-state index in [-0.39, 0.29) is 5.91 Å². The molecule has 0 fully saturated rings. The van der Waals surface area contributed by atoms with Gasteiger partial charge < -0.3 is 10.6 Å². The summed E-state index contributed by atoms with van der Waals surface area (Å²) in [7, 11) is 0. The third kappa shape index (κ3) is 4.44. The maximum Gasteiger partial charge on any atom is 0.274 e. The number of rotatable bonds is 4. The summed E-state index contributed by atoms with van der Waals surface area (Å²) >= 11 is 0. The van der Waals surface area contributed by atoms with Gasteiger partial charge in [0.25, 0.3) is 5.91 Å². The molecule has 0 radical (unpaired) electrons. The number of aryl methyl sites for hydroxylation is 3. The van der Waals surface area contributed by atoms with Crippen LogP contribution in [0.1, 0.15) is 27.2 Å². The Hall–Kier alpha value is -3.14. The smallest absolute Gasteiger partial charge is 0.274 e. The second kappa shape index (κ2) is 7.18. The van der Waals surface area contributed by atoms with Crippen molar-refractivity contribution in [2.24, 2.45) is 0 Å². The van der Waals surface area contributed by atoms with E-state index in [9.17, 15) is 4.79 Å². The Morgan fingerprint density at radius 1 is 0.800 bits per heavy atom. The van der Waals surface area contributed by atoms with E-state index in [0.717, 1.165) is 28.2 Å². The highest BCUT2D eigenvalue weighted by atomic mass is 16.1. The summed E-state index contributed by atoms with van der Waals surface area (Å²) in [5.41, 5.74) is 6.35. The topological polar surface area (TPSA) is 54.0 Å². The summed E-state index contributed by atoms with van der Waals surface area (Å²) in [6.45, 7) is 6.06. The molecule has 0 saturated heterocycles. The van der Waals surface area contributed by atoms with Gasteiger partial charge in [0, 0.05) is 23.3 Å². The van der Waals surface area contributed by atoms with Crippen LogP contribution in [0.4, 0.5) is 17.1 Å². The Morgan fingerprint density at radius 3 is 2.20 bits per heavy atom. The molecule has 0 unspecified atom stereocenters. The Morgan fingerprint density at radius 2 is 1.48 bits per heavy atom. The quantitative estimate of drug-likeness (QED) is 0.707. The van der Waals surface area contributed by atoms with Crippen molar-refractivity contribution in [2.45, 2.75) is 20.8 Å². The second-order valence-electron chi connectivity index (χ2n) is 6.25. The number of hydrogen-bond donors (Lipinski definition) is 2. The molecule has 2 N–H and O–H groups in total. The number of aromatic nitrogens is 1. The molecule has 0 atom stereocenters. The number of benzene rings is 2. The molecule has 4 heteroatoms. The molecule has 1 heterocycles. The normalized spacial score (nSPS) is 10.4. The lowest BCUT2D eigenvalue weighted by molar-refractivity contribution is 0.102. The van der Waals surface area contributed by atoms with Crippen molar-refractivity contribution in [2.75, 3.05) is 10.6 Å². The van der Waals surface area contributed by atoms with E-state index in [1.165, 1.54) is 5.56 Å². The molecule has 0 aliphatic heterocycles. The average Bonchev–Trinajstić information content (AvgIpc) is 2.54. The minimum atomic E-state index is -0.224. The Kier molecular flexibility index (Phi) is 4.80. The number of nitrogens with one attached hydrogen (secondary N) is 2. The molecule has 0 saturated carbocycles. The summed E-state index contributed by atoms with van der Waals surface area (Å²) < 4.78 is 0. The number of pyridine rings is 1. The Bertz CT molecular complexity index is 898. The van der Waals surface area contributed by atoms with E-state index in [2.05, 4.69) is 27.8 Å². The van der Waals surface area contributed by atoms with Crippen LogP contribution in [-0.2, 0) is 0 Å². The zero-order valence-electron chi connectivity index (χ0n) is 14.6. The predicted octanol–water partition coefficient (Wildman–Crippen LogP) is 5.00. The van der Waals surface area contributed by atoms with Gasteiger partial charge in [0.2, 0.25) is 0 Å². The summed E-state index contributed by atoms with van der Waals surface area (Å²) in [4.78, 5) is 16.7. The third-order valence-corrected chi connectivity index (χ3v) is 3.78. The van der Waals surface area contributed by atoms with Crippen LogP contribution < -0.4 is 10.6 Å². The highest BCUT2D eigenvalue weighted by Crippen LogP contribution is 2.19. The SMILES string of the molecule is Cc1cc(C)cc(NC(=O)c2cc(Nc3cccc(C)c3)ccn2)c1. The van der Waals surface area contributed by atoms with Crippen LogP contribution >= 0.6 is 0 Å². The van der Waals surface area contributed by atoms with Gasteiger partial charge in [-0.15, -0.1) is 0 Å². The van der Waals surface area contributed by atoms with Crippen molar-refractivity contribution in [3.8, 4) is 0 Å². The van der Waals surface area contributed by atoms with E-state index in [1.807, 2.05) is 57.2 Å². The molecule has 3 aromatic rings. The summed E-state index contributed by atoms with van der Waals surface area (Å²) in [6, 6.07) is 17.6. The lowest BCUT2D eigenvalue weighted by Crippen LogP contribution is -2.14. The molecular formula is C21H21N3O. The van der Waals surface area contributed by atoms with Crippen LogP contribution in [0, 0.1) is 20.8 Å². The zero-order valence-corrected chi connectivity index (χ0v) is 14.6. The van der Waals surface area contributed by atoms with Gasteiger partial charge in [0.15, 0.2) is 0 Å². The average molecular weight is 331 g/mol. The van der Waals surface area contributed by atoms with E-state index >= 15 is 0 Å². The molecule has 126 valence electrons.